The first kappa shape index (κ1) is 22.7. The molecule has 0 bridgehead atoms. The SMILES string of the molecule is C=CCNS(=O)(=O)c1ccc(NC(=S)NC(=O)c2ccc(C(C)(C)C)cc2)cc1. The van der Waals surface area contributed by atoms with Gasteiger partial charge in [-0.05, 0) is 59.6 Å². The standard InChI is InChI=1S/C21H25N3O3S2/c1-5-14-22-29(26,27)18-12-10-17(11-13-18)23-20(28)24-19(25)15-6-8-16(9-7-15)21(2,3)4/h5-13,22H,1,14H2,2-4H3,(H2,23,24,25,28). The molecule has 0 unspecified atom stereocenters. The average Bonchev–Trinajstić information content (AvgIpc) is 2.66. The van der Waals surface area contributed by atoms with Crippen LogP contribution in [0.2, 0.25) is 0 Å². The normalized spacial score (nSPS) is 11.6. The highest BCUT2D eigenvalue weighted by molar-refractivity contribution is 7.89. The molecule has 0 fully saturated rings. The van der Waals surface area contributed by atoms with E-state index in [1.165, 1.54) is 18.2 Å². The fourth-order valence-electron chi connectivity index (χ4n) is 2.43. The molecule has 0 aliphatic carbocycles. The molecule has 3 N–H and O–H groups in total. The van der Waals surface area contributed by atoms with Crippen molar-refractivity contribution in [2.75, 3.05) is 11.9 Å². The van der Waals surface area contributed by atoms with E-state index in [1.54, 1.807) is 24.3 Å². The maximum absolute atomic E-state index is 12.4. The lowest BCUT2D eigenvalue weighted by Crippen LogP contribution is -2.34. The first-order valence-corrected chi connectivity index (χ1v) is 10.9. The Bertz CT molecular complexity index is 991. The van der Waals surface area contributed by atoms with Crippen LogP contribution in [0, 0.1) is 0 Å². The van der Waals surface area contributed by atoms with Gasteiger partial charge in [-0.1, -0.05) is 39.0 Å². The van der Waals surface area contributed by atoms with Gasteiger partial charge in [0.05, 0.1) is 4.90 Å². The molecular formula is C21H25N3O3S2. The number of rotatable bonds is 6. The van der Waals surface area contributed by atoms with Gasteiger partial charge in [0.2, 0.25) is 10.0 Å². The van der Waals surface area contributed by atoms with Gasteiger partial charge in [-0.2, -0.15) is 0 Å². The molecule has 0 heterocycles. The Labute approximate surface area is 177 Å². The van der Waals surface area contributed by atoms with Crippen molar-refractivity contribution in [3.05, 3.63) is 72.3 Å². The molecule has 2 aromatic carbocycles. The number of hydrogen-bond donors (Lipinski definition) is 3. The summed E-state index contributed by atoms with van der Waals surface area (Å²) in [7, 11) is -3.59. The van der Waals surface area contributed by atoms with E-state index in [0.717, 1.165) is 5.56 Å². The number of sulfonamides is 1. The van der Waals surface area contributed by atoms with Crippen LogP contribution in [0.1, 0.15) is 36.7 Å². The Morgan fingerprint density at radius 2 is 1.66 bits per heavy atom. The molecule has 0 aromatic heterocycles. The summed E-state index contributed by atoms with van der Waals surface area (Å²) in [4.78, 5) is 12.5. The molecule has 0 saturated heterocycles. The van der Waals surface area contributed by atoms with Crippen LogP contribution in [0.5, 0.6) is 0 Å². The third kappa shape index (κ3) is 6.49. The van der Waals surface area contributed by atoms with Gasteiger partial charge in [0.25, 0.3) is 5.91 Å². The minimum absolute atomic E-state index is 0.00666. The van der Waals surface area contributed by atoms with Gasteiger partial charge in [-0.3, -0.25) is 10.1 Å². The number of thiocarbonyl (C=S) groups is 1. The molecule has 8 heteroatoms. The van der Waals surface area contributed by atoms with E-state index in [4.69, 9.17) is 12.2 Å². The number of carbonyl (C=O) groups excluding carboxylic acids is 1. The Morgan fingerprint density at radius 3 is 2.17 bits per heavy atom. The summed E-state index contributed by atoms with van der Waals surface area (Å²) in [6.45, 7) is 9.94. The highest BCUT2D eigenvalue weighted by atomic mass is 32.2. The van der Waals surface area contributed by atoms with Crippen LogP contribution in [0.4, 0.5) is 5.69 Å². The Kier molecular flexibility index (Phi) is 7.29. The lowest BCUT2D eigenvalue weighted by atomic mass is 9.87. The highest BCUT2D eigenvalue weighted by Gasteiger charge is 2.15. The van der Waals surface area contributed by atoms with E-state index >= 15 is 0 Å². The maximum Gasteiger partial charge on any atom is 0.257 e. The van der Waals surface area contributed by atoms with Crippen molar-refractivity contribution in [2.45, 2.75) is 31.1 Å². The molecular weight excluding hydrogens is 406 g/mol. The van der Waals surface area contributed by atoms with Crippen molar-refractivity contribution < 1.29 is 13.2 Å². The van der Waals surface area contributed by atoms with Gasteiger partial charge in [0, 0.05) is 17.8 Å². The molecule has 0 spiro atoms. The Hall–Kier alpha value is -2.55. The summed E-state index contributed by atoms with van der Waals surface area (Å²) >= 11 is 5.18. The van der Waals surface area contributed by atoms with Crippen molar-refractivity contribution in [1.82, 2.24) is 10.0 Å². The van der Waals surface area contributed by atoms with Crippen LogP contribution in [0.25, 0.3) is 0 Å². The van der Waals surface area contributed by atoms with Crippen LogP contribution in [0.3, 0.4) is 0 Å². The second kappa shape index (κ2) is 9.30. The molecule has 29 heavy (non-hydrogen) atoms. The molecule has 0 atom stereocenters. The zero-order chi connectivity index (χ0) is 21.7. The second-order valence-corrected chi connectivity index (χ2v) is 9.58. The van der Waals surface area contributed by atoms with Crippen molar-refractivity contribution in [3.63, 3.8) is 0 Å². The zero-order valence-corrected chi connectivity index (χ0v) is 18.3. The van der Waals surface area contributed by atoms with Crippen molar-refractivity contribution in [2.24, 2.45) is 0 Å². The first-order valence-electron chi connectivity index (χ1n) is 8.96. The summed E-state index contributed by atoms with van der Waals surface area (Å²) in [5.41, 5.74) is 2.19. The topological polar surface area (TPSA) is 87.3 Å². The molecule has 2 aromatic rings. The number of amides is 1. The minimum Gasteiger partial charge on any atom is -0.332 e. The molecule has 6 nitrogen and oxygen atoms in total. The summed E-state index contributed by atoms with van der Waals surface area (Å²) in [6, 6.07) is 13.4. The van der Waals surface area contributed by atoms with Gasteiger partial charge >= 0.3 is 0 Å². The smallest absolute Gasteiger partial charge is 0.257 e. The van der Waals surface area contributed by atoms with Crippen LogP contribution < -0.4 is 15.4 Å². The lowest BCUT2D eigenvalue weighted by molar-refractivity contribution is 0.0977. The van der Waals surface area contributed by atoms with Crippen LogP contribution in [-0.2, 0) is 15.4 Å². The Balaban J connectivity index is 1.98. The lowest BCUT2D eigenvalue weighted by Gasteiger charge is -2.19. The quantitative estimate of drug-likeness (QED) is 0.481. The van der Waals surface area contributed by atoms with Crippen LogP contribution >= 0.6 is 12.2 Å². The number of carbonyl (C=O) groups is 1. The third-order valence-electron chi connectivity index (χ3n) is 4.08. The maximum atomic E-state index is 12.4. The van der Waals surface area contributed by atoms with Crippen molar-refractivity contribution in [3.8, 4) is 0 Å². The summed E-state index contributed by atoms with van der Waals surface area (Å²) in [5.74, 6) is -0.323. The number of anilines is 1. The van der Waals surface area contributed by atoms with Gasteiger partial charge < -0.3 is 5.32 Å². The largest absolute Gasteiger partial charge is 0.332 e. The van der Waals surface area contributed by atoms with E-state index < -0.39 is 10.0 Å². The van der Waals surface area contributed by atoms with Crippen LogP contribution in [0.15, 0.2) is 66.1 Å². The molecule has 0 aliphatic rings. The fraction of sp³-hybridized carbons (Fsp3) is 0.238. The summed E-state index contributed by atoms with van der Waals surface area (Å²) in [5, 5.41) is 5.60. The second-order valence-electron chi connectivity index (χ2n) is 7.40. The predicted molar refractivity (Wildman–Crippen MR) is 121 cm³/mol. The predicted octanol–water partition coefficient (Wildman–Crippen LogP) is 3.58. The monoisotopic (exact) mass is 431 g/mol. The van der Waals surface area contributed by atoms with Crippen molar-refractivity contribution in [1.29, 1.82) is 0 Å². The van der Waals surface area contributed by atoms with Gasteiger partial charge in [-0.15, -0.1) is 6.58 Å². The molecule has 0 radical (unpaired) electrons. The van der Waals surface area contributed by atoms with E-state index in [2.05, 4.69) is 42.7 Å². The van der Waals surface area contributed by atoms with E-state index in [-0.39, 0.29) is 27.9 Å². The molecule has 0 aliphatic heterocycles. The van der Waals surface area contributed by atoms with Gasteiger partial charge in [0.15, 0.2) is 5.11 Å². The summed E-state index contributed by atoms with van der Waals surface area (Å²) < 4.78 is 26.5. The molecule has 0 saturated carbocycles. The van der Waals surface area contributed by atoms with Crippen LogP contribution in [-0.4, -0.2) is 26.0 Å². The number of nitrogens with one attached hydrogen (secondary N) is 3. The van der Waals surface area contributed by atoms with Gasteiger partial charge in [0.1, 0.15) is 0 Å². The Morgan fingerprint density at radius 1 is 1.07 bits per heavy atom. The highest BCUT2D eigenvalue weighted by Crippen LogP contribution is 2.22. The summed E-state index contributed by atoms with van der Waals surface area (Å²) in [6.07, 6.45) is 1.46. The van der Waals surface area contributed by atoms with E-state index in [0.29, 0.717) is 11.3 Å². The molecule has 154 valence electrons. The first-order chi connectivity index (χ1) is 13.5. The minimum atomic E-state index is -3.59. The zero-order valence-electron chi connectivity index (χ0n) is 16.7. The van der Waals surface area contributed by atoms with Crippen molar-refractivity contribution >= 4 is 38.9 Å². The number of hydrogen-bond acceptors (Lipinski definition) is 4. The molecule has 2 rings (SSSR count). The van der Waals surface area contributed by atoms with E-state index in [1.807, 2.05) is 12.1 Å². The third-order valence-corrected chi connectivity index (χ3v) is 5.72. The average molecular weight is 432 g/mol. The number of benzene rings is 2. The van der Waals surface area contributed by atoms with Gasteiger partial charge in [-0.25, -0.2) is 13.1 Å². The fourth-order valence-corrected chi connectivity index (χ4v) is 3.64. The molecule has 1 amide bonds. The van der Waals surface area contributed by atoms with E-state index in [9.17, 15) is 13.2 Å².